The molecule has 0 unspecified atom stereocenters. The molecule has 10 heteroatoms. The van der Waals surface area contributed by atoms with E-state index in [1.54, 1.807) is 0 Å². The molecule has 0 radical (unpaired) electrons. The fourth-order valence-corrected chi connectivity index (χ4v) is 1.40. The fraction of sp³-hybridized carbons (Fsp3) is 0.400. The van der Waals surface area contributed by atoms with Gasteiger partial charge in [0.2, 0.25) is 5.75 Å². The molecule has 7 nitrogen and oxygen atoms in total. The largest absolute Gasteiger partial charge is 0.573 e. The molecular weight excluding hydrogens is 285 g/mol. The first kappa shape index (κ1) is 15.7. The number of nitro groups is 1. The van der Waals surface area contributed by atoms with Crippen molar-refractivity contribution in [3.8, 4) is 5.75 Å². The van der Waals surface area contributed by atoms with Crippen molar-refractivity contribution in [1.82, 2.24) is 4.98 Å². The number of alkyl halides is 3. The maximum atomic E-state index is 12.3. The van der Waals surface area contributed by atoms with E-state index in [0.29, 0.717) is 0 Å². The Kier molecular flexibility index (Phi) is 4.48. The number of hydrogen-bond donors (Lipinski definition) is 0. The molecule has 0 fully saturated rings. The third-order valence-electron chi connectivity index (χ3n) is 2.27. The Labute approximate surface area is 110 Å². The summed E-state index contributed by atoms with van der Waals surface area (Å²) < 4.78 is 44.9. The number of carbonyl (C=O) groups is 1. The minimum atomic E-state index is -5.15. The molecule has 0 spiro atoms. The lowest BCUT2D eigenvalue weighted by molar-refractivity contribution is -0.393. The highest BCUT2D eigenvalue weighted by Crippen LogP contribution is 2.35. The number of pyridine rings is 1. The van der Waals surface area contributed by atoms with E-state index in [4.69, 9.17) is 0 Å². The summed E-state index contributed by atoms with van der Waals surface area (Å²) >= 11 is 0. The van der Waals surface area contributed by atoms with E-state index < -0.39 is 35.2 Å². The van der Waals surface area contributed by atoms with Crippen molar-refractivity contribution < 1.29 is 32.4 Å². The van der Waals surface area contributed by atoms with Crippen molar-refractivity contribution in [2.24, 2.45) is 0 Å². The van der Waals surface area contributed by atoms with Gasteiger partial charge in [-0.2, -0.15) is 0 Å². The number of esters is 1. The van der Waals surface area contributed by atoms with Gasteiger partial charge >= 0.3 is 18.1 Å². The van der Waals surface area contributed by atoms with Crippen LogP contribution in [0.15, 0.2) is 6.20 Å². The van der Waals surface area contributed by atoms with Crippen molar-refractivity contribution in [2.45, 2.75) is 19.7 Å². The van der Waals surface area contributed by atoms with Gasteiger partial charge in [0.1, 0.15) is 6.20 Å². The predicted molar refractivity (Wildman–Crippen MR) is 58.0 cm³/mol. The maximum absolute atomic E-state index is 12.3. The Morgan fingerprint density at radius 1 is 1.50 bits per heavy atom. The monoisotopic (exact) mass is 294 g/mol. The molecule has 0 aromatic carbocycles. The lowest BCUT2D eigenvalue weighted by Gasteiger charge is -2.13. The molecule has 0 saturated heterocycles. The normalized spacial score (nSPS) is 11.1. The van der Waals surface area contributed by atoms with E-state index in [1.165, 1.54) is 6.92 Å². The second-order valence-corrected chi connectivity index (χ2v) is 3.63. The molecule has 1 rings (SSSR count). The molecule has 110 valence electrons. The number of nitrogens with zero attached hydrogens (tertiary/aromatic N) is 2. The van der Waals surface area contributed by atoms with Gasteiger partial charge in [-0.25, -0.2) is 0 Å². The topological polar surface area (TPSA) is 91.6 Å². The Bertz CT molecular complexity index is 544. The number of carbonyl (C=O) groups excluding carboxylic acids is 1. The van der Waals surface area contributed by atoms with E-state index in [-0.39, 0.29) is 11.1 Å². The van der Waals surface area contributed by atoms with Gasteiger partial charge in [0, 0.05) is 11.1 Å². The quantitative estimate of drug-likeness (QED) is 0.478. The van der Waals surface area contributed by atoms with Gasteiger partial charge in [0.15, 0.2) is 0 Å². The summed E-state index contributed by atoms with van der Waals surface area (Å²) in [5, 5.41) is 10.7. The summed E-state index contributed by atoms with van der Waals surface area (Å²) in [5.74, 6) is -3.08. The zero-order valence-corrected chi connectivity index (χ0v) is 10.4. The van der Waals surface area contributed by atoms with Crippen LogP contribution in [-0.2, 0) is 16.0 Å². The third kappa shape index (κ3) is 3.80. The van der Waals surface area contributed by atoms with E-state index in [0.717, 1.165) is 13.3 Å². The Balaban J connectivity index is 3.41. The third-order valence-corrected chi connectivity index (χ3v) is 2.27. The smallest absolute Gasteiger partial charge is 0.469 e. The molecule has 0 bridgehead atoms. The molecule has 1 heterocycles. The molecule has 1 aromatic heterocycles. The van der Waals surface area contributed by atoms with Crippen LogP contribution in [-0.4, -0.2) is 29.3 Å². The molecule has 0 aliphatic carbocycles. The number of halogens is 3. The second-order valence-electron chi connectivity index (χ2n) is 3.63. The van der Waals surface area contributed by atoms with Gasteiger partial charge in [-0.05, 0) is 16.8 Å². The molecule has 0 saturated carbocycles. The Hall–Kier alpha value is -2.39. The van der Waals surface area contributed by atoms with Crippen molar-refractivity contribution >= 4 is 11.8 Å². The van der Waals surface area contributed by atoms with Gasteiger partial charge < -0.3 is 19.6 Å². The SMILES string of the molecule is COC(=O)Cc1c(C)cnc([N+](=O)[O-])c1OC(F)(F)F. The van der Waals surface area contributed by atoms with E-state index in [1.807, 2.05) is 0 Å². The number of aryl methyl sites for hydroxylation is 1. The number of ether oxygens (including phenoxy) is 2. The van der Waals surface area contributed by atoms with Crippen LogP contribution in [0.4, 0.5) is 19.0 Å². The van der Waals surface area contributed by atoms with Crippen LogP contribution in [0.3, 0.4) is 0 Å². The molecule has 0 aliphatic rings. The lowest BCUT2D eigenvalue weighted by Crippen LogP contribution is -2.21. The van der Waals surface area contributed by atoms with E-state index >= 15 is 0 Å². The first-order valence-corrected chi connectivity index (χ1v) is 5.11. The summed E-state index contributed by atoms with van der Waals surface area (Å²) in [6.45, 7) is 1.35. The number of aromatic nitrogens is 1. The average molecular weight is 294 g/mol. The number of methoxy groups -OCH3 is 1. The lowest BCUT2D eigenvalue weighted by atomic mass is 10.1. The van der Waals surface area contributed by atoms with Gasteiger partial charge in [-0.15, -0.1) is 13.2 Å². The van der Waals surface area contributed by atoms with Gasteiger partial charge in [-0.3, -0.25) is 4.79 Å². The Morgan fingerprint density at radius 2 is 2.10 bits per heavy atom. The van der Waals surface area contributed by atoms with Crippen LogP contribution in [0.5, 0.6) is 5.75 Å². The van der Waals surface area contributed by atoms with Crippen molar-refractivity contribution in [2.75, 3.05) is 7.11 Å². The molecule has 0 atom stereocenters. The summed E-state index contributed by atoms with van der Waals surface area (Å²) in [4.78, 5) is 24.0. The molecular formula is C10H9F3N2O5. The zero-order chi connectivity index (χ0) is 15.5. The second kappa shape index (κ2) is 5.72. The van der Waals surface area contributed by atoms with Gasteiger partial charge in [0.05, 0.1) is 13.5 Å². The highest BCUT2D eigenvalue weighted by atomic mass is 19.4. The highest BCUT2D eigenvalue weighted by Gasteiger charge is 2.37. The molecule has 0 N–H and O–H groups in total. The molecule has 1 aromatic rings. The number of rotatable bonds is 4. The minimum absolute atomic E-state index is 0.139. The van der Waals surface area contributed by atoms with Gasteiger partial charge in [-0.1, -0.05) is 0 Å². The van der Waals surface area contributed by atoms with Gasteiger partial charge in [0.25, 0.3) is 0 Å². The van der Waals surface area contributed by atoms with Crippen molar-refractivity contribution in [3.05, 3.63) is 27.4 Å². The van der Waals surface area contributed by atoms with E-state index in [2.05, 4.69) is 14.5 Å². The average Bonchev–Trinajstić information content (AvgIpc) is 2.31. The zero-order valence-electron chi connectivity index (χ0n) is 10.4. The minimum Gasteiger partial charge on any atom is -0.469 e. The standard InChI is InChI=1S/C10H9F3N2O5/c1-5-4-14-9(15(17)18)8(20-10(11,12)13)6(5)3-7(16)19-2/h4H,3H2,1-2H3. The van der Waals surface area contributed by atoms with Crippen LogP contribution in [0.25, 0.3) is 0 Å². The van der Waals surface area contributed by atoms with Crippen molar-refractivity contribution in [1.29, 1.82) is 0 Å². The Morgan fingerprint density at radius 3 is 2.55 bits per heavy atom. The van der Waals surface area contributed by atoms with Crippen LogP contribution in [0.1, 0.15) is 11.1 Å². The van der Waals surface area contributed by atoms with E-state index in [9.17, 15) is 28.1 Å². The van der Waals surface area contributed by atoms with Crippen molar-refractivity contribution in [3.63, 3.8) is 0 Å². The number of hydrogen-bond acceptors (Lipinski definition) is 6. The summed E-state index contributed by atoms with van der Waals surface area (Å²) in [7, 11) is 1.04. The first-order chi connectivity index (χ1) is 9.15. The van der Waals surface area contributed by atoms with Crippen LogP contribution < -0.4 is 4.74 Å². The van der Waals surface area contributed by atoms with Crippen LogP contribution in [0.2, 0.25) is 0 Å². The fourth-order valence-electron chi connectivity index (χ4n) is 1.40. The first-order valence-electron chi connectivity index (χ1n) is 5.11. The van der Waals surface area contributed by atoms with Crippen LogP contribution in [0, 0.1) is 17.0 Å². The highest BCUT2D eigenvalue weighted by molar-refractivity contribution is 5.74. The molecule has 20 heavy (non-hydrogen) atoms. The molecule has 0 amide bonds. The summed E-state index contributed by atoms with van der Waals surface area (Å²) in [6, 6.07) is 0. The summed E-state index contributed by atoms with van der Waals surface area (Å²) in [5.41, 5.74) is -0.156. The molecule has 0 aliphatic heterocycles. The maximum Gasteiger partial charge on any atom is 0.573 e. The van der Waals surface area contributed by atoms with Crippen LogP contribution >= 0.6 is 0 Å². The summed E-state index contributed by atoms with van der Waals surface area (Å²) in [6.07, 6.45) is -4.76. The predicted octanol–water partition coefficient (Wildman–Crippen LogP) is 1.91.